The van der Waals surface area contributed by atoms with E-state index in [0.717, 1.165) is 19.5 Å². The first-order chi connectivity index (χ1) is 12.2. The fraction of sp³-hybridized carbons (Fsp3) is 0.333. The molecule has 8 heteroatoms. The summed E-state index contributed by atoms with van der Waals surface area (Å²) in [4.78, 5) is 15.7. The third-order valence-corrected chi connectivity index (χ3v) is 5.81. The molecule has 0 fully saturated rings. The van der Waals surface area contributed by atoms with Crippen LogP contribution in [0.25, 0.3) is 5.52 Å². The van der Waals surface area contributed by atoms with Crippen molar-refractivity contribution in [3.05, 3.63) is 48.9 Å². The highest BCUT2D eigenvalue weighted by Gasteiger charge is 2.27. The third kappa shape index (κ3) is 4.15. The van der Waals surface area contributed by atoms with Crippen molar-refractivity contribution in [2.75, 3.05) is 4.90 Å². The van der Waals surface area contributed by atoms with Gasteiger partial charge in [0, 0.05) is 20.7 Å². The molecule has 0 aliphatic rings. The molecule has 1 amide bonds. The van der Waals surface area contributed by atoms with Gasteiger partial charge in [-0.2, -0.15) is 5.10 Å². The third-order valence-electron chi connectivity index (χ3n) is 3.68. The van der Waals surface area contributed by atoms with Gasteiger partial charge in [-0.25, -0.2) is 9.31 Å². The average molecular weight is 504 g/mol. The van der Waals surface area contributed by atoms with E-state index < -0.39 is 11.7 Å². The number of nitrogens with zero attached hydrogens (tertiary/aromatic N) is 3. The number of hydrogen-bond acceptors (Lipinski definition) is 4. The quantitative estimate of drug-likeness (QED) is 0.418. The van der Waals surface area contributed by atoms with Crippen LogP contribution in [0, 0.1) is 10.5 Å². The Balaban J connectivity index is 2.15. The number of carbonyl (C=O) groups excluding carboxylic acids is 1. The molecule has 0 N–H and O–H groups in total. The molecular formula is C18H19ClIN3O2S. The predicted molar refractivity (Wildman–Crippen MR) is 114 cm³/mol. The van der Waals surface area contributed by atoms with E-state index in [1.165, 1.54) is 0 Å². The molecule has 0 unspecified atom stereocenters. The Kier molecular flexibility index (Phi) is 5.50. The number of thiophene rings is 1. The smallest absolute Gasteiger partial charge is 0.415 e. The number of ether oxygens (including phenoxy) is 1. The predicted octanol–water partition coefficient (Wildman–Crippen LogP) is 5.90. The zero-order chi connectivity index (χ0) is 19.1. The first-order valence-electron chi connectivity index (χ1n) is 8.02. The van der Waals surface area contributed by atoms with Crippen LogP contribution < -0.4 is 4.90 Å². The monoisotopic (exact) mass is 503 g/mol. The van der Waals surface area contributed by atoms with Crippen LogP contribution in [-0.4, -0.2) is 21.3 Å². The van der Waals surface area contributed by atoms with E-state index in [2.05, 4.69) is 27.7 Å². The summed E-state index contributed by atoms with van der Waals surface area (Å²) in [5.74, 6) is 0. The van der Waals surface area contributed by atoms with Crippen molar-refractivity contribution in [2.24, 2.45) is 0 Å². The van der Waals surface area contributed by atoms with Crippen molar-refractivity contribution in [3.8, 4) is 0 Å². The number of anilines is 1. The number of rotatable bonds is 3. The van der Waals surface area contributed by atoms with Gasteiger partial charge < -0.3 is 4.74 Å². The molecule has 5 nitrogen and oxygen atoms in total. The van der Waals surface area contributed by atoms with Gasteiger partial charge in [-0.3, -0.25) is 4.90 Å². The van der Waals surface area contributed by atoms with Crippen LogP contribution in [-0.2, 0) is 11.3 Å². The topological polar surface area (TPSA) is 46.8 Å². The zero-order valence-corrected chi connectivity index (χ0v) is 18.6. The second kappa shape index (κ2) is 7.36. The summed E-state index contributed by atoms with van der Waals surface area (Å²) in [5.41, 5.74) is 1.99. The molecule has 0 bridgehead atoms. The molecule has 0 spiro atoms. The van der Waals surface area contributed by atoms with Gasteiger partial charge in [0.15, 0.2) is 5.15 Å². The second-order valence-corrected chi connectivity index (χ2v) is 9.48. The number of fused-ring (bicyclic) bond motifs is 1. The maximum absolute atomic E-state index is 13.0. The van der Waals surface area contributed by atoms with Gasteiger partial charge in [0.2, 0.25) is 0 Å². The van der Waals surface area contributed by atoms with Gasteiger partial charge in [-0.05, 0) is 67.3 Å². The largest absolute Gasteiger partial charge is 0.443 e. The van der Waals surface area contributed by atoms with E-state index in [1.807, 2.05) is 51.4 Å². The van der Waals surface area contributed by atoms with Gasteiger partial charge in [0.05, 0.1) is 17.7 Å². The first-order valence-corrected chi connectivity index (χ1v) is 10.4. The fourth-order valence-corrected chi connectivity index (χ4v) is 3.98. The first kappa shape index (κ1) is 19.4. The maximum Gasteiger partial charge on any atom is 0.415 e. The number of aromatic nitrogens is 2. The van der Waals surface area contributed by atoms with Gasteiger partial charge >= 0.3 is 6.09 Å². The summed E-state index contributed by atoms with van der Waals surface area (Å²) in [6, 6.07) is 5.68. The molecule has 0 atom stereocenters. The van der Waals surface area contributed by atoms with Crippen LogP contribution >= 0.6 is 45.5 Å². The van der Waals surface area contributed by atoms with E-state index in [1.54, 1.807) is 26.8 Å². The van der Waals surface area contributed by atoms with Crippen LogP contribution in [0.5, 0.6) is 0 Å². The van der Waals surface area contributed by atoms with Gasteiger partial charge in [0.1, 0.15) is 5.60 Å². The maximum atomic E-state index is 13.0. The Bertz CT molecular complexity index is 948. The summed E-state index contributed by atoms with van der Waals surface area (Å²) in [7, 11) is 0. The molecule has 26 heavy (non-hydrogen) atoms. The number of amides is 1. The Morgan fingerprint density at radius 1 is 1.46 bits per heavy atom. The highest BCUT2D eigenvalue weighted by atomic mass is 127. The summed E-state index contributed by atoms with van der Waals surface area (Å²) in [5, 5.41) is 6.64. The molecule has 3 aromatic rings. The van der Waals surface area contributed by atoms with Crippen LogP contribution in [0.3, 0.4) is 0 Å². The Labute approximate surface area is 175 Å². The molecule has 0 saturated carbocycles. The molecule has 3 rings (SSSR count). The van der Waals surface area contributed by atoms with Crippen molar-refractivity contribution < 1.29 is 9.53 Å². The minimum Gasteiger partial charge on any atom is -0.443 e. The molecule has 0 aliphatic carbocycles. The Morgan fingerprint density at radius 3 is 2.81 bits per heavy atom. The summed E-state index contributed by atoms with van der Waals surface area (Å²) >= 11 is 10.1. The number of aryl methyl sites for hydroxylation is 1. The Morgan fingerprint density at radius 2 is 2.19 bits per heavy atom. The van der Waals surface area contributed by atoms with Crippen molar-refractivity contribution in [1.82, 2.24) is 9.61 Å². The highest BCUT2D eigenvalue weighted by molar-refractivity contribution is 14.1. The van der Waals surface area contributed by atoms with E-state index in [-0.39, 0.29) is 0 Å². The lowest BCUT2D eigenvalue weighted by Gasteiger charge is -2.28. The van der Waals surface area contributed by atoms with Crippen LogP contribution in [0.2, 0.25) is 5.15 Å². The lowest BCUT2D eigenvalue weighted by atomic mass is 10.2. The number of carbonyl (C=O) groups is 1. The minimum absolute atomic E-state index is 0.318. The SMILES string of the molecule is Cc1c(I)cn2nc(Cl)cc(N(Cc3cccs3)C(=O)OC(C)(C)C)c12. The summed E-state index contributed by atoms with van der Waals surface area (Å²) in [6.45, 7) is 7.98. The summed E-state index contributed by atoms with van der Waals surface area (Å²) in [6.07, 6.45) is 1.49. The van der Waals surface area contributed by atoms with Crippen molar-refractivity contribution in [3.63, 3.8) is 0 Å². The molecule has 138 valence electrons. The highest BCUT2D eigenvalue weighted by Crippen LogP contribution is 2.32. The minimum atomic E-state index is -0.594. The van der Waals surface area contributed by atoms with Crippen LogP contribution in [0.4, 0.5) is 10.5 Å². The molecule has 3 heterocycles. The van der Waals surface area contributed by atoms with E-state index in [9.17, 15) is 4.79 Å². The molecule has 0 aliphatic heterocycles. The molecule has 0 saturated heterocycles. The zero-order valence-electron chi connectivity index (χ0n) is 14.9. The normalized spacial score (nSPS) is 11.8. The molecule has 0 radical (unpaired) electrons. The average Bonchev–Trinajstić information content (AvgIpc) is 3.11. The van der Waals surface area contributed by atoms with Gasteiger partial charge in [0.25, 0.3) is 0 Å². The summed E-state index contributed by atoms with van der Waals surface area (Å²) < 4.78 is 8.43. The van der Waals surface area contributed by atoms with Crippen LogP contribution in [0.1, 0.15) is 31.2 Å². The van der Waals surface area contributed by atoms with Crippen molar-refractivity contribution >= 4 is 62.8 Å². The van der Waals surface area contributed by atoms with Crippen LogP contribution in [0.15, 0.2) is 29.8 Å². The number of halogens is 2. The van der Waals surface area contributed by atoms with E-state index >= 15 is 0 Å². The molecular weight excluding hydrogens is 485 g/mol. The second-order valence-electron chi connectivity index (χ2n) is 6.89. The van der Waals surface area contributed by atoms with E-state index in [0.29, 0.717) is 17.4 Å². The van der Waals surface area contributed by atoms with Crippen molar-refractivity contribution in [2.45, 2.75) is 39.8 Å². The fourth-order valence-electron chi connectivity index (χ4n) is 2.58. The molecule has 0 aromatic carbocycles. The number of hydrogen-bond donors (Lipinski definition) is 0. The lowest BCUT2D eigenvalue weighted by molar-refractivity contribution is 0.0578. The Hall–Kier alpha value is -1.32. The molecule has 3 aromatic heterocycles. The van der Waals surface area contributed by atoms with Crippen molar-refractivity contribution in [1.29, 1.82) is 0 Å². The van der Waals surface area contributed by atoms with Gasteiger partial charge in [-0.15, -0.1) is 11.3 Å². The van der Waals surface area contributed by atoms with E-state index in [4.69, 9.17) is 16.3 Å². The lowest BCUT2D eigenvalue weighted by Crippen LogP contribution is -2.36. The standard InChI is InChI=1S/C18H19ClIN3O2S/c1-11-13(20)10-23-16(11)14(8-15(19)21-23)22(9-12-6-5-7-26-12)17(24)25-18(2,3)4/h5-8,10H,9H2,1-4H3. The van der Waals surface area contributed by atoms with Gasteiger partial charge in [-0.1, -0.05) is 17.7 Å².